The monoisotopic (exact) mass is 429 g/mol. The maximum Gasteiger partial charge on any atom is 0.269 e. The van der Waals surface area contributed by atoms with Crippen LogP contribution in [0.4, 0.5) is 11.4 Å². The third kappa shape index (κ3) is 4.65. The summed E-state index contributed by atoms with van der Waals surface area (Å²) in [4.78, 5) is 24.0. The van der Waals surface area contributed by atoms with Gasteiger partial charge < -0.3 is 9.88 Å². The van der Waals surface area contributed by atoms with E-state index < -0.39 is 4.92 Å². The van der Waals surface area contributed by atoms with Crippen molar-refractivity contribution in [2.45, 2.75) is 37.4 Å². The van der Waals surface area contributed by atoms with Gasteiger partial charge >= 0.3 is 0 Å². The van der Waals surface area contributed by atoms with E-state index in [0.29, 0.717) is 17.3 Å². The summed E-state index contributed by atoms with van der Waals surface area (Å²) < 4.78 is 2.16. The number of rotatable bonds is 8. The minimum absolute atomic E-state index is 0.00526. The van der Waals surface area contributed by atoms with Crippen LogP contribution in [0, 0.1) is 17.0 Å². The Balaban J connectivity index is 1.40. The molecule has 29 heavy (non-hydrogen) atoms. The van der Waals surface area contributed by atoms with Gasteiger partial charge in [0.15, 0.2) is 5.16 Å². The lowest BCUT2D eigenvalue weighted by atomic mass is 10.2. The minimum Gasteiger partial charge on any atom is -0.325 e. The fourth-order valence-electron chi connectivity index (χ4n) is 3.01. The first kappa shape index (κ1) is 19.6. The summed E-state index contributed by atoms with van der Waals surface area (Å²) in [5.41, 5.74) is 1.23. The number of thioether (sulfide) groups is 1. The van der Waals surface area contributed by atoms with Crippen LogP contribution in [0.2, 0.25) is 0 Å². The molecule has 4 rings (SSSR count). The average molecular weight is 430 g/mol. The van der Waals surface area contributed by atoms with E-state index in [-0.39, 0.29) is 17.3 Å². The second kappa shape index (κ2) is 8.34. The number of aryl methyl sites for hydroxylation is 1. The quantitative estimate of drug-likeness (QED) is 0.327. The van der Waals surface area contributed by atoms with E-state index in [4.69, 9.17) is 0 Å². The summed E-state index contributed by atoms with van der Waals surface area (Å²) in [5.74, 6) is 0.946. The van der Waals surface area contributed by atoms with Crippen molar-refractivity contribution in [3.63, 3.8) is 0 Å². The summed E-state index contributed by atoms with van der Waals surface area (Å²) in [5, 5.41) is 25.1. The lowest BCUT2D eigenvalue weighted by Crippen LogP contribution is -2.15. The Morgan fingerprint density at radius 2 is 2.21 bits per heavy atom. The fourth-order valence-corrected chi connectivity index (χ4v) is 4.54. The Morgan fingerprint density at radius 3 is 2.86 bits per heavy atom. The van der Waals surface area contributed by atoms with Gasteiger partial charge in [-0.25, -0.2) is 0 Å². The van der Waals surface area contributed by atoms with Crippen molar-refractivity contribution < 1.29 is 9.72 Å². The van der Waals surface area contributed by atoms with Crippen molar-refractivity contribution in [2.24, 2.45) is 0 Å². The molecule has 2 aromatic heterocycles. The third-order valence-corrected chi connectivity index (χ3v) is 6.41. The van der Waals surface area contributed by atoms with Gasteiger partial charge in [-0.2, -0.15) is 0 Å². The summed E-state index contributed by atoms with van der Waals surface area (Å²) in [6.07, 6.45) is 2.96. The van der Waals surface area contributed by atoms with Crippen LogP contribution >= 0.6 is 23.1 Å². The summed E-state index contributed by atoms with van der Waals surface area (Å²) in [6, 6.07) is 8.92. The highest BCUT2D eigenvalue weighted by Crippen LogP contribution is 2.39. The number of amides is 1. The molecule has 1 aliphatic rings. The number of nitro benzene ring substituents is 1. The maximum absolute atomic E-state index is 12.4. The molecule has 2 heterocycles. The molecule has 0 aliphatic heterocycles. The molecule has 3 aromatic rings. The van der Waals surface area contributed by atoms with Gasteiger partial charge in [0.2, 0.25) is 5.91 Å². The standard InChI is InChI=1S/C19H19N5O3S2/c1-12-9-14(24(26)27)6-7-16(12)20-18(25)11-29-19-22-21-17(23(19)13-4-5-13)10-15-3-2-8-28-15/h2-3,6-9,13H,4-5,10-11H2,1H3,(H,20,25). The number of aromatic nitrogens is 3. The molecule has 0 radical (unpaired) electrons. The predicted molar refractivity (Wildman–Crippen MR) is 113 cm³/mol. The average Bonchev–Trinajstić information content (AvgIpc) is 3.24. The lowest BCUT2D eigenvalue weighted by molar-refractivity contribution is -0.384. The van der Waals surface area contributed by atoms with E-state index in [2.05, 4.69) is 26.1 Å². The molecule has 1 aliphatic carbocycles. The molecule has 1 saturated carbocycles. The van der Waals surface area contributed by atoms with Gasteiger partial charge in [0.05, 0.1) is 10.7 Å². The van der Waals surface area contributed by atoms with Gasteiger partial charge in [0, 0.05) is 35.2 Å². The van der Waals surface area contributed by atoms with Crippen LogP contribution in [0.25, 0.3) is 0 Å². The smallest absolute Gasteiger partial charge is 0.269 e. The number of hydrogen-bond acceptors (Lipinski definition) is 7. The molecule has 0 spiro atoms. The first-order valence-corrected chi connectivity index (χ1v) is 11.0. The minimum atomic E-state index is -0.451. The number of anilines is 1. The molecule has 0 saturated heterocycles. The normalized spacial score (nSPS) is 13.4. The second-order valence-electron chi connectivity index (χ2n) is 6.85. The van der Waals surface area contributed by atoms with Crippen LogP contribution in [0.1, 0.15) is 35.1 Å². The van der Waals surface area contributed by atoms with E-state index in [0.717, 1.165) is 30.2 Å². The van der Waals surface area contributed by atoms with E-state index in [1.54, 1.807) is 24.3 Å². The van der Waals surface area contributed by atoms with Crippen LogP contribution in [0.3, 0.4) is 0 Å². The zero-order valence-corrected chi connectivity index (χ0v) is 17.3. The van der Waals surface area contributed by atoms with E-state index in [9.17, 15) is 14.9 Å². The summed E-state index contributed by atoms with van der Waals surface area (Å²) in [6.45, 7) is 1.73. The molecule has 1 amide bonds. The molecule has 1 N–H and O–H groups in total. The molecule has 0 unspecified atom stereocenters. The van der Waals surface area contributed by atoms with Crippen molar-refractivity contribution in [2.75, 3.05) is 11.1 Å². The Labute approximate surface area is 175 Å². The highest BCUT2D eigenvalue weighted by atomic mass is 32.2. The van der Waals surface area contributed by atoms with Crippen LogP contribution in [-0.4, -0.2) is 31.3 Å². The predicted octanol–water partition coefficient (Wildman–Crippen LogP) is 4.21. The van der Waals surface area contributed by atoms with Gasteiger partial charge in [0.25, 0.3) is 5.69 Å². The maximum atomic E-state index is 12.4. The zero-order valence-electron chi connectivity index (χ0n) is 15.7. The van der Waals surface area contributed by atoms with Gasteiger partial charge in [-0.05, 0) is 42.8 Å². The molecule has 1 aromatic carbocycles. The number of nitro groups is 1. The van der Waals surface area contributed by atoms with Gasteiger partial charge in [-0.1, -0.05) is 17.8 Å². The van der Waals surface area contributed by atoms with Crippen molar-refractivity contribution in [3.8, 4) is 0 Å². The van der Waals surface area contributed by atoms with Crippen molar-refractivity contribution in [3.05, 3.63) is 62.1 Å². The van der Waals surface area contributed by atoms with Gasteiger partial charge in [0.1, 0.15) is 5.82 Å². The third-order valence-electron chi connectivity index (χ3n) is 4.59. The Bertz CT molecular complexity index is 1040. The van der Waals surface area contributed by atoms with E-state index in [1.807, 2.05) is 11.4 Å². The number of nitrogens with zero attached hydrogens (tertiary/aromatic N) is 4. The molecule has 150 valence electrons. The highest BCUT2D eigenvalue weighted by molar-refractivity contribution is 7.99. The molecular weight excluding hydrogens is 410 g/mol. The molecular formula is C19H19N5O3S2. The Morgan fingerprint density at radius 1 is 1.38 bits per heavy atom. The van der Waals surface area contributed by atoms with Gasteiger partial charge in [-0.3, -0.25) is 14.9 Å². The number of carbonyl (C=O) groups excluding carboxylic acids is 1. The number of thiophene rings is 1. The molecule has 1 fully saturated rings. The van der Waals surface area contributed by atoms with Crippen molar-refractivity contribution in [1.82, 2.24) is 14.8 Å². The molecule has 0 bridgehead atoms. The first-order chi connectivity index (χ1) is 14.0. The second-order valence-corrected chi connectivity index (χ2v) is 8.82. The van der Waals surface area contributed by atoms with Crippen molar-refractivity contribution >= 4 is 40.4 Å². The van der Waals surface area contributed by atoms with Gasteiger partial charge in [-0.15, -0.1) is 21.5 Å². The molecule has 8 nitrogen and oxygen atoms in total. The van der Waals surface area contributed by atoms with Crippen LogP contribution < -0.4 is 5.32 Å². The van der Waals surface area contributed by atoms with Crippen molar-refractivity contribution in [1.29, 1.82) is 0 Å². The van der Waals surface area contributed by atoms with E-state index >= 15 is 0 Å². The number of non-ortho nitro benzene ring substituents is 1. The SMILES string of the molecule is Cc1cc([N+](=O)[O-])ccc1NC(=O)CSc1nnc(Cc2cccs2)n1C1CC1. The Hall–Kier alpha value is -2.72. The number of nitrogens with one attached hydrogen (secondary N) is 1. The topological polar surface area (TPSA) is 103 Å². The number of hydrogen-bond donors (Lipinski definition) is 1. The van der Waals surface area contributed by atoms with Crippen LogP contribution in [-0.2, 0) is 11.2 Å². The molecule has 10 heteroatoms. The highest BCUT2D eigenvalue weighted by Gasteiger charge is 2.30. The lowest BCUT2D eigenvalue weighted by Gasteiger charge is -2.10. The zero-order chi connectivity index (χ0) is 20.4. The summed E-state index contributed by atoms with van der Waals surface area (Å²) in [7, 11) is 0. The van der Waals surface area contributed by atoms with E-state index in [1.165, 1.54) is 28.8 Å². The molecule has 0 atom stereocenters. The van der Waals surface area contributed by atoms with Crippen LogP contribution in [0.15, 0.2) is 40.9 Å². The van der Waals surface area contributed by atoms with Crippen LogP contribution in [0.5, 0.6) is 0 Å². The number of carbonyl (C=O) groups is 1. The fraction of sp³-hybridized carbons (Fsp3) is 0.316. The first-order valence-electron chi connectivity index (χ1n) is 9.15. The number of benzene rings is 1. The largest absolute Gasteiger partial charge is 0.325 e. The summed E-state index contributed by atoms with van der Waals surface area (Å²) >= 11 is 3.06. The Kier molecular flexibility index (Phi) is 5.63.